The standard InChI is InChI=1S/C25H20ClN3O3S2/c1-3-15-29-22-14-5-17(4-2)16-23(22)33-25(29)27-24(30)18-6-10-20(11-7-18)28-34(31,32)21-12-8-19(26)9-13-21/h1,5-14,16,28H,4,15H2,2H3. The van der Waals surface area contributed by atoms with E-state index >= 15 is 0 Å². The van der Waals surface area contributed by atoms with Gasteiger partial charge in [-0.05, 0) is 72.6 Å². The van der Waals surface area contributed by atoms with Crippen LogP contribution in [0.2, 0.25) is 5.02 Å². The first kappa shape index (κ1) is 23.8. The number of amides is 1. The average Bonchev–Trinajstić information content (AvgIpc) is 3.15. The van der Waals surface area contributed by atoms with Gasteiger partial charge in [0.15, 0.2) is 4.80 Å². The second kappa shape index (κ2) is 9.85. The molecule has 0 saturated heterocycles. The number of hydrogen-bond donors (Lipinski definition) is 1. The summed E-state index contributed by atoms with van der Waals surface area (Å²) < 4.78 is 30.4. The number of thiazole rings is 1. The largest absolute Gasteiger partial charge is 0.305 e. The molecule has 0 aliphatic carbocycles. The van der Waals surface area contributed by atoms with E-state index in [9.17, 15) is 13.2 Å². The lowest BCUT2D eigenvalue weighted by atomic mass is 10.2. The minimum atomic E-state index is -3.78. The molecule has 0 saturated carbocycles. The Bertz CT molecular complexity index is 1580. The molecule has 6 nitrogen and oxygen atoms in total. The molecule has 3 aromatic carbocycles. The zero-order valence-electron chi connectivity index (χ0n) is 18.2. The number of aryl methyl sites for hydroxylation is 1. The predicted molar refractivity (Wildman–Crippen MR) is 137 cm³/mol. The molecule has 4 aromatic rings. The van der Waals surface area contributed by atoms with Crippen molar-refractivity contribution in [1.29, 1.82) is 0 Å². The Balaban J connectivity index is 1.61. The van der Waals surface area contributed by atoms with Crippen molar-refractivity contribution in [3.05, 3.63) is 87.7 Å². The molecular formula is C25H20ClN3O3S2. The van der Waals surface area contributed by atoms with Crippen LogP contribution in [0.1, 0.15) is 22.8 Å². The molecule has 1 N–H and O–H groups in total. The number of terminal acetylenes is 1. The van der Waals surface area contributed by atoms with Crippen LogP contribution in [-0.4, -0.2) is 18.9 Å². The number of hydrogen-bond acceptors (Lipinski definition) is 4. The van der Waals surface area contributed by atoms with Gasteiger partial charge in [0.05, 0.1) is 21.7 Å². The number of carbonyl (C=O) groups excluding carboxylic acids is 1. The molecule has 0 fully saturated rings. The number of sulfonamides is 1. The number of benzene rings is 3. The number of fused-ring (bicyclic) bond motifs is 1. The Hall–Kier alpha value is -3.38. The maximum atomic E-state index is 12.8. The highest BCUT2D eigenvalue weighted by molar-refractivity contribution is 7.92. The van der Waals surface area contributed by atoms with Crippen LogP contribution in [0.5, 0.6) is 0 Å². The Morgan fingerprint density at radius 3 is 2.47 bits per heavy atom. The van der Waals surface area contributed by atoms with Crippen molar-refractivity contribution in [3.63, 3.8) is 0 Å². The number of nitrogens with one attached hydrogen (secondary N) is 1. The summed E-state index contributed by atoms with van der Waals surface area (Å²) in [6, 6.07) is 18.0. The van der Waals surface area contributed by atoms with E-state index in [0.29, 0.717) is 27.6 Å². The third kappa shape index (κ3) is 5.07. The molecule has 9 heteroatoms. The molecular weight excluding hydrogens is 490 g/mol. The van der Waals surface area contributed by atoms with E-state index < -0.39 is 15.9 Å². The lowest BCUT2D eigenvalue weighted by Gasteiger charge is -2.08. The number of carbonyl (C=O) groups is 1. The summed E-state index contributed by atoms with van der Waals surface area (Å²) in [6.45, 7) is 2.38. The Morgan fingerprint density at radius 2 is 1.82 bits per heavy atom. The molecule has 0 radical (unpaired) electrons. The van der Waals surface area contributed by atoms with Gasteiger partial charge in [0.25, 0.3) is 15.9 Å². The van der Waals surface area contributed by atoms with Crippen molar-refractivity contribution in [2.75, 3.05) is 4.72 Å². The fraction of sp³-hybridized carbons (Fsp3) is 0.120. The summed E-state index contributed by atoms with van der Waals surface area (Å²) in [6.07, 6.45) is 6.44. The van der Waals surface area contributed by atoms with E-state index in [-0.39, 0.29) is 4.90 Å². The minimum Gasteiger partial charge on any atom is -0.305 e. The lowest BCUT2D eigenvalue weighted by molar-refractivity contribution is 0.0998. The molecule has 1 aromatic heterocycles. The molecule has 172 valence electrons. The molecule has 0 atom stereocenters. The van der Waals surface area contributed by atoms with E-state index in [1.165, 1.54) is 65.4 Å². The molecule has 0 aliphatic rings. The number of aromatic nitrogens is 1. The second-order valence-corrected chi connectivity index (χ2v) is 10.5. The summed E-state index contributed by atoms with van der Waals surface area (Å²) in [4.78, 5) is 17.7. The van der Waals surface area contributed by atoms with Gasteiger partial charge in [-0.25, -0.2) is 8.42 Å². The molecule has 0 spiro atoms. The van der Waals surface area contributed by atoms with Gasteiger partial charge in [-0.2, -0.15) is 4.99 Å². The summed E-state index contributed by atoms with van der Waals surface area (Å²) in [7, 11) is -3.78. The predicted octanol–water partition coefficient (Wildman–Crippen LogP) is 5.09. The zero-order valence-corrected chi connectivity index (χ0v) is 20.5. The maximum absolute atomic E-state index is 12.8. The van der Waals surface area contributed by atoms with Gasteiger partial charge in [0.1, 0.15) is 0 Å². The van der Waals surface area contributed by atoms with E-state index in [2.05, 4.69) is 28.6 Å². The van der Waals surface area contributed by atoms with Crippen LogP contribution in [0.4, 0.5) is 5.69 Å². The third-order valence-electron chi connectivity index (χ3n) is 5.11. The highest BCUT2D eigenvalue weighted by Gasteiger charge is 2.15. The van der Waals surface area contributed by atoms with Gasteiger partial charge in [0.2, 0.25) is 0 Å². The van der Waals surface area contributed by atoms with Crippen LogP contribution in [-0.2, 0) is 23.0 Å². The highest BCUT2D eigenvalue weighted by atomic mass is 35.5. The molecule has 1 heterocycles. The molecule has 34 heavy (non-hydrogen) atoms. The van der Waals surface area contributed by atoms with Gasteiger partial charge in [-0.1, -0.05) is 41.8 Å². The summed E-state index contributed by atoms with van der Waals surface area (Å²) in [5, 5.41) is 0.443. The van der Waals surface area contributed by atoms with Crippen LogP contribution in [0.25, 0.3) is 10.2 Å². The molecule has 0 aliphatic heterocycles. The minimum absolute atomic E-state index is 0.0844. The van der Waals surface area contributed by atoms with Crippen molar-refractivity contribution in [1.82, 2.24) is 4.57 Å². The Kier molecular flexibility index (Phi) is 6.89. The number of rotatable bonds is 6. The van der Waals surface area contributed by atoms with E-state index in [1.807, 2.05) is 16.7 Å². The quantitative estimate of drug-likeness (QED) is 0.367. The van der Waals surface area contributed by atoms with Crippen LogP contribution in [0, 0.1) is 12.3 Å². The van der Waals surface area contributed by atoms with Crippen molar-refractivity contribution >= 4 is 54.8 Å². The third-order valence-corrected chi connectivity index (χ3v) is 7.80. The van der Waals surface area contributed by atoms with Crippen molar-refractivity contribution < 1.29 is 13.2 Å². The van der Waals surface area contributed by atoms with Gasteiger partial charge < -0.3 is 4.57 Å². The second-order valence-electron chi connectivity index (χ2n) is 7.38. The van der Waals surface area contributed by atoms with Crippen LogP contribution in [0.15, 0.2) is 76.6 Å². The summed E-state index contributed by atoms with van der Waals surface area (Å²) in [5.41, 5.74) is 2.77. The molecule has 4 rings (SSSR count). The first-order valence-electron chi connectivity index (χ1n) is 10.3. The van der Waals surface area contributed by atoms with Gasteiger partial charge in [0, 0.05) is 16.3 Å². The molecule has 1 amide bonds. The number of anilines is 1. The first-order chi connectivity index (χ1) is 16.3. The van der Waals surface area contributed by atoms with E-state index in [4.69, 9.17) is 18.0 Å². The van der Waals surface area contributed by atoms with Crippen molar-refractivity contribution in [2.24, 2.45) is 4.99 Å². The van der Waals surface area contributed by atoms with Gasteiger partial charge in [-0.3, -0.25) is 9.52 Å². The average molecular weight is 510 g/mol. The molecule has 0 unspecified atom stereocenters. The summed E-state index contributed by atoms with van der Waals surface area (Å²) in [5.74, 6) is 2.17. The number of nitrogens with zero attached hydrogens (tertiary/aromatic N) is 2. The maximum Gasteiger partial charge on any atom is 0.279 e. The first-order valence-corrected chi connectivity index (χ1v) is 13.0. The lowest BCUT2D eigenvalue weighted by Crippen LogP contribution is -2.16. The normalized spacial score (nSPS) is 12.0. The number of halogens is 1. The van der Waals surface area contributed by atoms with Gasteiger partial charge >= 0.3 is 0 Å². The molecule has 0 bridgehead atoms. The van der Waals surface area contributed by atoms with Crippen LogP contribution >= 0.6 is 22.9 Å². The topological polar surface area (TPSA) is 80.5 Å². The van der Waals surface area contributed by atoms with Crippen LogP contribution in [0.3, 0.4) is 0 Å². The fourth-order valence-electron chi connectivity index (χ4n) is 3.33. The SMILES string of the molecule is C#CCn1c(=NC(=O)c2ccc(NS(=O)(=O)c3ccc(Cl)cc3)cc2)sc2cc(CC)ccc21. The van der Waals surface area contributed by atoms with Crippen LogP contribution < -0.4 is 9.52 Å². The zero-order chi connectivity index (χ0) is 24.3. The highest BCUT2D eigenvalue weighted by Crippen LogP contribution is 2.21. The smallest absolute Gasteiger partial charge is 0.279 e. The van der Waals surface area contributed by atoms with E-state index in [0.717, 1.165) is 16.6 Å². The van der Waals surface area contributed by atoms with E-state index in [1.54, 1.807) is 0 Å². The Morgan fingerprint density at radius 1 is 1.12 bits per heavy atom. The fourth-order valence-corrected chi connectivity index (χ4v) is 5.60. The monoisotopic (exact) mass is 509 g/mol. The van der Waals surface area contributed by atoms with Crippen molar-refractivity contribution in [2.45, 2.75) is 24.8 Å². The van der Waals surface area contributed by atoms with Gasteiger partial charge in [-0.15, -0.1) is 6.42 Å². The Labute approximate surface area is 206 Å². The van der Waals surface area contributed by atoms with Crippen molar-refractivity contribution in [3.8, 4) is 12.3 Å². The summed E-state index contributed by atoms with van der Waals surface area (Å²) >= 11 is 7.23.